The van der Waals surface area contributed by atoms with E-state index in [1.54, 1.807) is 12.0 Å². The Morgan fingerprint density at radius 3 is 2.41 bits per heavy atom. The van der Waals surface area contributed by atoms with Crippen LogP contribution in [0.3, 0.4) is 0 Å². The minimum Gasteiger partial charge on any atom is -0.495 e. The second kappa shape index (κ2) is 9.32. The van der Waals surface area contributed by atoms with Gasteiger partial charge in [0.2, 0.25) is 5.91 Å². The minimum atomic E-state index is -0.298. The van der Waals surface area contributed by atoms with Crippen LogP contribution >= 0.6 is 0 Å². The number of rotatable bonds is 5. The molecule has 1 atom stereocenters. The number of hydrogen-bond donors (Lipinski definition) is 0. The number of methoxy groups -OCH3 is 1. The van der Waals surface area contributed by atoms with Gasteiger partial charge in [-0.25, -0.2) is 0 Å². The van der Waals surface area contributed by atoms with E-state index < -0.39 is 0 Å². The molecule has 0 radical (unpaired) electrons. The van der Waals surface area contributed by atoms with Crippen LogP contribution < -0.4 is 9.64 Å². The Bertz CT molecular complexity index is 1490. The molecule has 2 aliphatic heterocycles. The van der Waals surface area contributed by atoms with Gasteiger partial charge in [0, 0.05) is 61.5 Å². The Hall–Kier alpha value is -4.26. The summed E-state index contributed by atoms with van der Waals surface area (Å²) in [5, 5.41) is 1.10. The number of aromatic nitrogens is 1. The van der Waals surface area contributed by atoms with Crippen LogP contribution in [-0.4, -0.2) is 66.0 Å². The van der Waals surface area contributed by atoms with E-state index in [4.69, 9.17) is 4.74 Å². The molecule has 0 saturated carbocycles. The Morgan fingerprint density at radius 1 is 0.892 bits per heavy atom. The van der Waals surface area contributed by atoms with Gasteiger partial charge in [0.25, 0.3) is 5.91 Å². The van der Waals surface area contributed by atoms with E-state index in [1.807, 2.05) is 72.6 Å². The number of carbonyl (C=O) groups is 2. The first-order valence-corrected chi connectivity index (χ1v) is 12.7. The number of aryl methyl sites for hydroxylation is 1. The van der Waals surface area contributed by atoms with Gasteiger partial charge in [0.15, 0.2) is 0 Å². The fourth-order valence-electron chi connectivity index (χ4n) is 5.79. The number of benzene rings is 3. The van der Waals surface area contributed by atoms with E-state index in [9.17, 15) is 9.59 Å². The highest BCUT2D eigenvalue weighted by atomic mass is 16.5. The van der Waals surface area contributed by atoms with Crippen molar-refractivity contribution in [3.63, 3.8) is 0 Å². The maximum Gasteiger partial charge on any atom is 0.255 e. The number of fused-ring (bicyclic) bond motifs is 2. The number of piperazine rings is 1. The van der Waals surface area contributed by atoms with Crippen LogP contribution in [0.15, 0.2) is 79.0 Å². The molecule has 0 N–H and O–H groups in total. The fraction of sp³-hybridized carbons (Fsp3) is 0.267. The van der Waals surface area contributed by atoms with Crippen molar-refractivity contribution in [2.75, 3.05) is 44.7 Å². The molecule has 2 aliphatic rings. The van der Waals surface area contributed by atoms with Crippen molar-refractivity contribution in [2.24, 2.45) is 7.05 Å². The van der Waals surface area contributed by atoms with Crippen LogP contribution in [0.1, 0.15) is 27.5 Å². The van der Waals surface area contributed by atoms with Crippen LogP contribution in [0.4, 0.5) is 5.69 Å². The van der Waals surface area contributed by atoms with Crippen molar-refractivity contribution in [2.45, 2.75) is 6.04 Å². The first-order chi connectivity index (χ1) is 18.1. The highest BCUT2D eigenvalue weighted by Gasteiger charge is 2.40. The van der Waals surface area contributed by atoms with Crippen LogP contribution in [0.25, 0.3) is 10.9 Å². The molecule has 37 heavy (non-hydrogen) atoms. The molecule has 1 fully saturated rings. The maximum absolute atomic E-state index is 13.6. The fourth-order valence-corrected chi connectivity index (χ4v) is 5.79. The zero-order valence-electron chi connectivity index (χ0n) is 21.1. The summed E-state index contributed by atoms with van der Waals surface area (Å²) in [6.07, 6.45) is 2.09. The lowest BCUT2D eigenvalue weighted by atomic mass is 9.97. The number of nitrogens with zero attached hydrogens (tertiary/aromatic N) is 4. The topological polar surface area (TPSA) is 58.0 Å². The van der Waals surface area contributed by atoms with Gasteiger partial charge in [-0.05, 0) is 29.8 Å². The van der Waals surface area contributed by atoms with Gasteiger partial charge in [-0.1, -0.05) is 48.5 Å². The standard InChI is InChI=1S/C30H30N4O3/c1-31-19-24(21-9-5-6-12-25(21)31)29-22-10-3-4-11-23(22)30(36)34(29)20-28(35)33-17-15-32(16-18-33)26-13-7-8-14-27(26)37-2/h3-14,19,29H,15-18,20H2,1-2H3/t29-/m1/s1. The summed E-state index contributed by atoms with van der Waals surface area (Å²) in [4.78, 5) is 33.0. The number of hydrogen-bond acceptors (Lipinski definition) is 4. The molecule has 188 valence electrons. The van der Waals surface area contributed by atoms with Crippen molar-refractivity contribution in [3.8, 4) is 5.75 Å². The molecule has 6 rings (SSSR count). The van der Waals surface area contributed by atoms with Gasteiger partial charge in [-0.2, -0.15) is 0 Å². The SMILES string of the molecule is COc1ccccc1N1CCN(C(=O)CN2C(=O)c3ccccc3[C@@H]2c2cn(C)c3ccccc23)CC1. The van der Waals surface area contributed by atoms with Crippen LogP contribution in [0.5, 0.6) is 5.75 Å². The molecule has 1 saturated heterocycles. The summed E-state index contributed by atoms with van der Waals surface area (Å²) >= 11 is 0. The van der Waals surface area contributed by atoms with Gasteiger partial charge in [-0.15, -0.1) is 0 Å². The first-order valence-electron chi connectivity index (χ1n) is 12.7. The van der Waals surface area contributed by atoms with E-state index in [2.05, 4.69) is 27.8 Å². The monoisotopic (exact) mass is 494 g/mol. The molecule has 1 aromatic heterocycles. The molecule has 0 unspecified atom stereocenters. The molecule has 3 heterocycles. The van der Waals surface area contributed by atoms with E-state index in [-0.39, 0.29) is 24.4 Å². The van der Waals surface area contributed by atoms with Crippen LogP contribution in [0.2, 0.25) is 0 Å². The number of anilines is 1. The smallest absolute Gasteiger partial charge is 0.255 e. The van der Waals surface area contributed by atoms with Gasteiger partial charge < -0.3 is 24.0 Å². The predicted molar refractivity (Wildman–Crippen MR) is 144 cm³/mol. The average Bonchev–Trinajstić information content (AvgIpc) is 3.42. The number of amides is 2. The summed E-state index contributed by atoms with van der Waals surface area (Å²) in [5.74, 6) is 0.723. The predicted octanol–water partition coefficient (Wildman–Crippen LogP) is 4.08. The molecular formula is C30H30N4O3. The Balaban J connectivity index is 1.25. The zero-order chi connectivity index (χ0) is 25.5. The molecule has 0 aliphatic carbocycles. The highest BCUT2D eigenvalue weighted by Crippen LogP contribution is 2.41. The summed E-state index contributed by atoms with van der Waals surface area (Å²) in [6, 6.07) is 23.6. The molecular weight excluding hydrogens is 464 g/mol. The zero-order valence-corrected chi connectivity index (χ0v) is 21.1. The summed E-state index contributed by atoms with van der Waals surface area (Å²) in [7, 11) is 3.70. The number of carbonyl (C=O) groups excluding carboxylic acids is 2. The Labute approximate surface area is 216 Å². The lowest BCUT2D eigenvalue weighted by Crippen LogP contribution is -2.51. The quantitative estimate of drug-likeness (QED) is 0.420. The lowest BCUT2D eigenvalue weighted by Gasteiger charge is -2.37. The average molecular weight is 495 g/mol. The van der Waals surface area contributed by atoms with Gasteiger partial charge in [-0.3, -0.25) is 9.59 Å². The van der Waals surface area contributed by atoms with Gasteiger partial charge in [0.05, 0.1) is 18.8 Å². The summed E-state index contributed by atoms with van der Waals surface area (Å²) in [5.41, 5.74) is 4.82. The van der Waals surface area contributed by atoms with Crippen molar-refractivity contribution in [3.05, 3.63) is 95.7 Å². The third-order valence-electron chi connectivity index (χ3n) is 7.64. The Kier molecular flexibility index (Phi) is 5.83. The molecule has 0 spiro atoms. The van der Waals surface area contributed by atoms with Crippen LogP contribution in [0, 0.1) is 0 Å². The van der Waals surface area contributed by atoms with Gasteiger partial charge in [0.1, 0.15) is 12.3 Å². The second-order valence-corrected chi connectivity index (χ2v) is 9.68. The molecule has 4 aromatic rings. The van der Waals surface area contributed by atoms with Crippen molar-refractivity contribution >= 4 is 28.4 Å². The molecule has 7 nitrogen and oxygen atoms in total. The largest absolute Gasteiger partial charge is 0.495 e. The first kappa shape index (κ1) is 23.2. The molecule has 3 aromatic carbocycles. The van der Waals surface area contributed by atoms with E-state index in [0.29, 0.717) is 31.7 Å². The summed E-state index contributed by atoms with van der Waals surface area (Å²) < 4.78 is 7.61. The minimum absolute atomic E-state index is 0.0222. The highest BCUT2D eigenvalue weighted by molar-refractivity contribution is 6.02. The van der Waals surface area contributed by atoms with Crippen molar-refractivity contribution < 1.29 is 14.3 Å². The van der Waals surface area contributed by atoms with E-state index in [0.717, 1.165) is 33.5 Å². The van der Waals surface area contributed by atoms with Gasteiger partial charge >= 0.3 is 0 Å². The van der Waals surface area contributed by atoms with E-state index in [1.165, 1.54) is 0 Å². The molecule has 0 bridgehead atoms. The lowest BCUT2D eigenvalue weighted by molar-refractivity contribution is -0.132. The summed E-state index contributed by atoms with van der Waals surface area (Å²) in [6.45, 7) is 2.69. The third-order valence-corrected chi connectivity index (χ3v) is 7.64. The second-order valence-electron chi connectivity index (χ2n) is 9.68. The van der Waals surface area contributed by atoms with Crippen molar-refractivity contribution in [1.29, 1.82) is 0 Å². The molecule has 7 heteroatoms. The normalized spacial score (nSPS) is 17.4. The third kappa shape index (κ3) is 3.91. The molecule has 2 amide bonds. The Morgan fingerprint density at radius 2 is 1.59 bits per heavy atom. The number of para-hydroxylation sites is 3. The maximum atomic E-state index is 13.6. The number of ether oxygens (including phenoxy) is 1. The van der Waals surface area contributed by atoms with Crippen molar-refractivity contribution in [1.82, 2.24) is 14.4 Å². The van der Waals surface area contributed by atoms with E-state index >= 15 is 0 Å². The van der Waals surface area contributed by atoms with Crippen LogP contribution in [-0.2, 0) is 11.8 Å².